The Bertz CT molecular complexity index is 485. The molecule has 1 N–H and O–H groups in total. The molecule has 2 rings (SSSR count). The number of benzene rings is 1. The molecule has 0 amide bonds. The van der Waals surface area contributed by atoms with E-state index in [-0.39, 0.29) is 0 Å². The SMILES string of the molecule is CCC(O)c1cncc(OCc2ccccc2)c1. The monoisotopic (exact) mass is 243 g/mol. The Labute approximate surface area is 107 Å². The van der Waals surface area contributed by atoms with E-state index in [1.54, 1.807) is 12.4 Å². The summed E-state index contributed by atoms with van der Waals surface area (Å²) in [6.07, 6.45) is 3.53. The third-order valence-electron chi connectivity index (χ3n) is 2.75. The predicted octanol–water partition coefficient (Wildman–Crippen LogP) is 3.10. The summed E-state index contributed by atoms with van der Waals surface area (Å²) in [4.78, 5) is 4.08. The van der Waals surface area contributed by atoms with E-state index in [1.807, 2.05) is 43.3 Å². The van der Waals surface area contributed by atoms with Crippen molar-refractivity contribution >= 4 is 0 Å². The first kappa shape index (κ1) is 12.6. The molecule has 0 aliphatic rings. The number of aliphatic hydroxyl groups is 1. The van der Waals surface area contributed by atoms with Crippen LogP contribution in [0, 0.1) is 0 Å². The lowest BCUT2D eigenvalue weighted by Crippen LogP contribution is -1.99. The minimum atomic E-state index is -0.474. The van der Waals surface area contributed by atoms with Gasteiger partial charge in [-0.05, 0) is 18.1 Å². The highest BCUT2D eigenvalue weighted by Crippen LogP contribution is 2.20. The van der Waals surface area contributed by atoms with Crippen LogP contribution in [0.15, 0.2) is 48.8 Å². The van der Waals surface area contributed by atoms with Gasteiger partial charge in [0.15, 0.2) is 0 Å². The van der Waals surface area contributed by atoms with E-state index in [4.69, 9.17) is 4.74 Å². The molecule has 2 aromatic rings. The number of nitrogens with zero attached hydrogens (tertiary/aromatic N) is 1. The molecule has 1 aromatic carbocycles. The largest absolute Gasteiger partial charge is 0.487 e. The maximum Gasteiger partial charge on any atom is 0.138 e. The summed E-state index contributed by atoms with van der Waals surface area (Å²) in [5, 5.41) is 9.74. The van der Waals surface area contributed by atoms with Crippen LogP contribution < -0.4 is 4.74 Å². The van der Waals surface area contributed by atoms with E-state index in [0.717, 1.165) is 11.1 Å². The van der Waals surface area contributed by atoms with E-state index in [9.17, 15) is 5.11 Å². The standard InChI is InChI=1S/C15H17NO2/c1-2-15(17)13-8-14(10-16-9-13)18-11-12-6-4-3-5-7-12/h3-10,15,17H,2,11H2,1H3. The minimum absolute atomic E-state index is 0.474. The van der Waals surface area contributed by atoms with Crippen LogP contribution >= 0.6 is 0 Å². The van der Waals surface area contributed by atoms with E-state index in [2.05, 4.69) is 4.98 Å². The fraction of sp³-hybridized carbons (Fsp3) is 0.267. The molecule has 94 valence electrons. The maximum absolute atomic E-state index is 9.74. The Hall–Kier alpha value is -1.87. The van der Waals surface area contributed by atoms with Crippen molar-refractivity contribution in [1.82, 2.24) is 4.98 Å². The summed E-state index contributed by atoms with van der Waals surface area (Å²) in [7, 11) is 0. The van der Waals surface area contributed by atoms with Crippen LogP contribution in [0.3, 0.4) is 0 Å². The maximum atomic E-state index is 9.74. The van der Waals surface area contributed by atoms with Crippen LogP contribution in [0.25, 0.3) is 0 Å². The number of hydrogen-bond donors (Lipinski definition) is 1. The lowest BCUT2D eigenvalue weighted by atomic mass is 10.1. The Morgan fingerprint density at radius 2 is 2.00 bits per heavy atom. The van der Waals surface area contributed by atoms with E-state index in [1.165, 1.54) is 0 Å². The van der Waals surface area contributed by atoms with Gasteiger partial charge in [0.2, 0.25) is 0 Å². The predicted molar refractivity (Wildman–Crippen MR) is 70.3 cm³/mol. The summed E-state index contributed by atoms with van der Waals surface area (Å²) in [6.45, 7) is 2.44. The molecule has 1 atom stereocenters. The van der Waals surface area contributed by atoms with Gasteiger partial charge in [0.1, 0.15) is 12.4 Å². The minimum Gasteiger partial charge on any atom is -0.487 e. The molecule has 0 spiro atoms. The Kier molecular flexibility index (Phi) is 4.31. The molecule has 0 saturated heterocycles. The average Bonchev–Trinajstić information content (AvgIpc) is 2.45. The zero-order valence-corrected chi connectivity index (χ0v) is 10.4. The molecular formula is C15H17NO2. The number of ether oxygens (including phenoxy) is 1. The molecule has 3 heteroatoms. The highest BCUT2D eigenvalue weighted by molar-refractivity contribution is 5.25. The molecule has 0 aliphatic carbocycles. The van der Waals surface area contributed by atoms with Gasteiger partial charge >= 0.3 is 0 Å². The molecule has 3 nitrogen and oxygen atoms in total. The van der Waals surface area contributed by atoms with Gasteiger partial charge in [-0.25, -0.2) is 0 Å². The number of aromatic nitrogens is 1. The zero-order valence-electron chi connectivity index (χ0n) is 10.4. The van der Waals surface area contributed by atoms with Gasteiger partial charge in [-0.15, -0.1) is 0 Å². The van der Waals surface area contributed by atoms with E-state index < -0.39 is 6.10 Å². The first-order chi connectivity index (χ1) is 8.79. The van der Waals surface area contributed by atoms with Crippen molar-refractivity contribution in [2.45, 2.75) is 26.1 Å². The van der Waals surface area contributed by atoms with Crippen molar-refractivity contribution in [3.05, 3.63) is 59.9 Å². The van der Waals surface area contributed by atoms with Gasteiger partial charge in [0, 0.05) is 11.8 Å². The summed E-state index contributed by atoms with van der Waals surface area (Å²) in [5.41, 5.74) is 1.90. The van der Waals surface area contributed by atoms with Gasteiger partial charge in [-0.2, -0.15) is 0 Å². The third-order valence-corrected chi connectivity index (χ3v) is 2.75. The smallest absolute Gasteiger partial charge is 0.138 e. The lowest BCUT2D eigenvalue weighted by Gasteiger charge is -2.10. The second-order valence-corrected chi connectivity index (χ2v) is 4.15. The molecule has 1 aromatic heterocycles. The number of pyridine rings is 1. The van der Waals surface area contributed by atoms with Crippen LogP contribution in [-0.2, 0) is 6.61 Å². The van der Waals surface area contributed by atoms with E-state index >= 15 is 0 Å². The highest BCUT2D eigenvalue weighted by atomic mass is 16.5. The Balaban J connectivity index is 2.01. The molecule has 1 unspecified atom stereocenters. The summed E-state index contributed by atoms with van der Waals surface area (Å²) >= 11 is 0. The topological polar surface area (TPSA) is 42.4 Å². The van der Waals surface area contributed by atoms with Crippen molar-refractivity contribution < 1.29 is 9.84 Å². The number of aliphatic hydroxyl groups excluding tert-OH is 1. The third kappa shape index (κ3) is 3.31. The molecule has 0 bridgehead atoms. The van der Waals surface area contributed by atoms with E-state index in [0.29, 0.717) is 18.8 Å². The first-order valence-corrected chi connectivity index (χ1v) is 6.09. The van der Waals surface area contributed by atoms with Crippen LogP contribution in [0.2, 0.25) is 0 Å². The molecule has 1 heterocycles. The quantitative estimate of drug-likeness (QED) is 0.877. The summed E-state index contributed by atoms with van der Waals surface area (Å²) in [6, 6.07) is 11.8. The van der Waals surface area contributed by atoms with Gasteiger partial charge in [0.05, 0.1) is 12.3 Å². The van der Waals surface area contributed by atoms with Gasteiger partial charge in [-0.1, -0.05) is 37.3 Å². The number of hydrogen-bond acceptors (Lipinski definition) is 3. The van der Waals surface area contributed by atoms with Crippen molar-refractivity contribution in [2.75, 3.05) is 0 Å². The molecule has 0 fully saturated rings. The molecule has 18 heavy (non-hydrogen) atoms. The molecule has 0 aliphatic heterocycles. The van der Waals surface area contributed by atoms with Crippen LogP contribution in [0.1, 0.15) is 30.6 Å². The fourth-order valence-corrected chi connectivity index (χ4v) is 1.67. The molecule has 0 saturated carbocycles. The summed E-state index contributed by atoms with van der Waals surface area (Å²) < 4.78 is 5.65. The van der Waals surface area contributed by atoms with Crippen LogP contribution in [0.4, 0.5) is 0 Å². The second kappa shape index (κ2) is 6.17. The van der Waals surface area contributed by atoms with Crippen molar-refractivity contribution in [3.8, 4) is 5.75 Å². The first-order valence-electron chi connectivity index (χ1n) is 6.09. The summed E-state index contributed by atoms with van der Waals surface area (Å²) in [5.74, 6) is 0.684. The second-order valence-electron chi connectivity index (χ2n) is 4.15. The van der Waals surface area contributed by atoms with Crippen LogP contribution in [-0.4, -0.2) is 10.1 Å². The van der Waals surface area contributed by atoms with Gasteiger partial charge < -0.3 is 9.84 Å². The average molecular weight is 243 g/mol. The number of rotatable bonds is 5. The van der Waals surface area contributed by atoms with Crippen molar-refractivity contribution in [2.24, 2.45) is 0 Å². The van der Waals surface area contributed by atoms with Crippen molar-refractivity contribution in [1.29, 1.82) is 0 Å². The van der Waals surface area contributed by atoms with Gasteiger partial charge in [-0.3, -0.25) is 4.98 Å². The van der Waals surface area contributed by atoms with Crippen molar-refractivity contribution in [3.63, 3.8) is 0 Å². The van der Waals surface area contributed by atoms with Crippen LogP contribution in [0.5, 0.6) is 5.75 Å². The van der Waals surface area contributed by atoms with Gasteiger partial charge in [0.25, 0.3) is 0 Å². The molecular weight excluding hydrogens is 226 g/mol. The molecule has 0 radical (unpaired) electrons. The zero-order chi connectivity index (χ0) is 12.8. The Morgan fingerprint density at radius 1 is 1.22 bits per heavy atom. The Morgan fingerprint density at radius 3 is 2.72 bits per heavy atom. The normalized spacial score (nSPS) is 12.1. The lowest BCUT2D eigenvalue weighted by molar-refractivity contribution is 0.172. The highest BCUT2D eigenvalue weighted by Gasteiger charge is 2.06. The fourth-order valence-electron chi connectivity index (χ4n) is 1.67.